The highest BCUT2D eigenvalue weighted by atomic mass is 32.1. The topological polar surface area (TPSA) is 387 Å². The maximum atomic E-state index is 12.3. The molecule has 4 unspecified atom stereocenters. The lowest BCUT2D eigenvalue weighted by Gasteiger charge is -2.21. The molecule has 0 aliphatic carbocycles. The van der Waals surface area contributed by atoms with Crippen molar-refractivity contribution in [1.29, 1.82) is 0 Å². The van der Waals surface area contributed by atoms with Gasteiger partial charge in [-0.25, -0.2) is 27.8 Å². The minimum Gasteiger partial charge on any atom is -0.387 e. The van der Waals surface area contributed by atoms with Crippen molar-refractivity contribution in [3.05, 3.63) is 60.5 Å². The number of phosphoric acid groups is 4. The molecule has 2 aliphatic heterocycles. The summed E-state index contributed by atoms with van der Waals surface area (Å²) >= 11 is 4.78. The third kappa shape index (κ3) is 10.1. The van der Waals surface area contributed by atoms with Crippen LogP contribution in [0, 0.1) is 4.64 Å². The van der Waals surface area contributed by atoms with Crippen molar-refractivity contribution in [2.24, 2.45) is 0 Å². The molecule has 26 nitrogen and oxygen atoms in total. The largest absolute Gasteiger partial charge is 0.490 e. The van der Waals surface area contributed by atoms with Gasteiger partial charge < -0.3 is 49.5 Å². The zero-order chi connectivity index (χ0) is 36.7. The second kappa shape index (κ2) is 15.0. The number of H-pyrrole nitrogens is 2. The molecule has 0 aromatic carbocycles. The zero-order valence-electron chi connectivity index (χ0n) is 23.7. The summed E-state index contributed by atoms with van der Waals surface area (Å²) in [5.74, 6) is 0. The van der Waals surface area contributed by atoms with Crippen molar-refractivity contribution < 1.29 is 89.7 Å². The van der Waals surface area contributed by atoms with Crippen molar-refractivity contribution in [2.45, 2.75) is 49.1 Å². The predicted molar refractivity (Wildman–Crippen MR) is 154 cm³/mol. The molecule has 31 heteroatoms. The van der Waals surface area contributed by atoms with E-state index in [9.17, 15) is 72.6 Å². The number of hydrogen-bond donors (Lipinski definition) is 10. The Morgan fingerprint density at radius 2 is 1.04 bits per heavy atom. The number of nitrogens with zero attached hydrogens (tertiary/aromatic N) is 2. The number of aliphatic hydroxyl groups excluding tert-OH is 4. The van der Waals surface area contributed by atoms with Gasteiger partial charge in [0.1, 0.15) is 41.3 Å². The Morgan fingerprint density at radius 1 is 0.653 bits per heavy atom. The van der Waals surface area contributed by atoms with Gasteiger partial charge in [-0.05, 0) is 6.07 Å². The van der Waals surface area contributed by atoms with E-state index in [2.05, 4.69) is 27.0 Å². The van der Waals surface area contributed by atoms with Crippen LogP contribution in [-0.4, -0.2) is 109 Å². The standard InChI is InChI=1S/C18H26N4O22P4S/c23-9-1-3-21(17(28)19-9)15-13(26)11(24)7(40-15)5-38-45(30,31)42-47(34,35)44-48(36,37)43-46(32,33)39-6-8-12(25)14(27)16(41-8)22-4-2-10(49)20-18(22)29/h1-4,7-8,11-16,24-27H,5-6H2,(H,30,31)(H,32,33)(H,34,35)(H,36,37)(H,19,23,28)(H,20,29,49)/t7-,8-,11-,12-,13-,14-,15-,16-/m1/s1. The summed E-state index contributed by atoms with van der Waals surface area (Å²) in [5, 5.41) is 40.8. The fourth-order valence-corrected chi connectivity index (χ4v) is 9.35. The normalized spacial score (nSPS) is 32.2. The van der Waals surface area contributed by atoms with Crippen LogP contribution in [0.1, 0.15) is 12.5 Å². The van der Waals surface area contributed by atoms with E-state index in [1.807, 2.05) is 4.98 Å². The molecule has 276 valence electrons. The van der Waals surface area contributed by atoms with Crippen molar-refractivity contribution in [1.82, 2.24) is 19.1 Å². The number of rotatable bonds is 14. The van der Waals surface area contributed by atoms with E-state index >= 15 is 0 Å². The molecule has 10 N–H and O–H groups in total. The van der Waals surface area contributed by atoms with Gasteiger partial charge in [-0.15, -0.1) is 0 Å². The molecule has 2 aliphatic rings. The first-order valence-corrected chi connectivity index (χ1v) is 19.3. The van der Waals surface area contributed by atoms with Gasteiger partial charge in [-0.3, -0.25) is 32.9 Å². The van der Waals surface area contributed by atoms with Crippen LogP contribution in [0.4, 0.5) is 0 Å². The first-order chi connectivity index (χ1) is 22.5. The monoisotopic (exact) mass is 806 g/mol. The molecule has 4 heterocycles. The van der Waals surface area contributed by atoms with E-state index < -0.39 is 111 Å². The molecule has 0 amide bonds. The quantitative estimate of drug-likeness (QED) is 0.0680. The molecule has 2 fully saturated rings. The Balaban J connectivity index is 1.31. The Morgan fingerprint density at radius 3 is 1.45 bits per heavy atom. The molecule has 0 saturated carbocycles. The van der Waals surface area contributed by atoms with Gasteiger partial charge in [-0.2, -0.15) is 12.9 Å². The van der Waals surface area contributed by atoms with E-state index in [-0.39, 0.29) is 4.64 Å². The summed E-state index contributed by atoms with van der Waals surface area (Å²) < 4.78 is 80.9. The molecule has 2 saturated heterocycles. The van der Waals surface area contributed by atoms with Crippen molar-refractivity contribution in [3.8, 4) is 0 Å². The molecule has 2 aromatic heterocycles. The maximum Gasteiger partial charge on any atom is 0.490 e. The molecular formula is C18H26N4O22P4S. The van der Waals surface area contributed by atoms with Crippen molar-refractivity contribution in [2.75, 3.05) is 13.2 Å². The van der Waals surface area contributed by atoms with E-state index in [1.54, 1.807) is 0 Å². The van der Waals surface area contributed by atoms with Gasteiger partial charge in [0, 0.05) is 18.5 Å². The van der Waals surface area contributed by atoms with Gasteiger partial charge in [0.05, 0.1) is 13.2 Å². The number of phosphoric ester groups is 2. The van der Waals surface area contributed by atoms with Crippen LogP contribution < -0.4 is 16.9 Å². The molecule has 12 atom stereocenters. The van der Waals surface area contributed by atoms with Crippen LogP contribution in [0.2, 0.25) is 0 Å². The van der Waals surface area contributed by atoms with Crippen molar-refractivity contribution in [3.63, 3.8) is 0 Å². The van der Waals surface area contributed by atoms with Crippen LogP contribution in [-0.2, 0) is 49.7 Å². The van der Waals surface area contributed by atoms with Crippen LogP contribution in [0.25, 0.3) is 0 Å². The summed E-state index contributed by atoms with van der Waals surface area (Å²) in [6.45, 7) is -2.38. The lowest BCUT2D eigenvalue weighted by molar-refractivity contribution is -0.0543. The fraction of sp³-hybridized carbons (Fsp3) is 0.556. The summed E-state index contributed by atoms with van der Waals surface area (Å²) in [5.41, 5.74) is -2.75. The number of aromatic nitrogens is 4. The van der Waals surface area contributed by atoms with Crippen LogP contribution in [0.3, 0.4) is 0 Å². The van der Waals surface area contributed by atoms with E-state index in [4.69, 9.17) is 21.7 Å². The molecule has 4 rings (SSSR count). The first-order valence-electron chi connectivity index (χ1n) is 12.9. The average molecular weight is 806 g/mol. The summed E-state index contributed by atoms with van der Waals surface area (Å²) in [6.07, 6.45) is -12.1. The number of nitrogens with one attached hydrogen (secondary N) is 2. The van der Waals surface area contributed by atoms with Crippen LogP contribution in [0.15, 0.2) is 38.9 Å². The Kier molecular flexibility index (Phi) is 12.2. The number of ether oxygens (including phenoxy) is 2. The Hall–Kier alpha value is -1.90. The first kappa shape index (κ1) is 39.9. The van der Waals surface area contributed by atoms with Crippen LogP contribution in [0.5, 0.6) is 0 Å². The van der Waals surface area contributed by atoms with Gasteiger partial charge in [-0.1, -0.05) is 12.2 Å². The second-order valence-corrected chi connectivity index (χ2v) is 16.5. The SMILES string of the molecule is O=c1ccn([C@@H]2O[C@H](COP(=O)(O)OP(=O)(O)OP(=O)(O)OP(=O)(O)OC[C@H]3O[C@@H](n4ccc(=S)[nH]c4=O)[C@H](O)[C@@H]3O)[C@@H](O)[C@H]2O)c(=O)[nH]1. The summed E-state index contributed by atoms with van der Waals surface area (Å²) in [4.78, 5) is 78.4. The molecule has 0 bridgehead atoms. The third-order valence-corrected chi connectivity index (χ3v) is 12.5. The number of hydrogen-bond acceptors (Lipinski definition) is 19. The third-order valence-electron chi connectivity index (χ3n) is 6.35. The zero-order valence-corrected chi connectivity index (χ0v) is 28.1. The number of aromatic amines is 2. The van der Waals surface area contributed by atoms with E-state index in [1.165, 1.54) is 6.07 Å². The lowest BCUT2D eigenvalue weighted by atomic mass is 10.1. The smallest absolute Gasteiger partial charge is 0.387 e. The van der Waals surface area contributed by atoms with Crippen LogP contribution >= 0.6 is 43.5 Å². The van der Waals surface area contributed by atoms with Gasteiger partial charge in [0.25, 0.3) is 5.56 Å². The molecular weight excluding hydrogens is 780 g/mol. The minimum atomic E-state index is -6.23. The van der Waals surface area contributed by atoms with Gasteiger partial charge in [0.15, 0.2) is 12.5 Å². The van der Waals surface area contributed by atoms with Crippen molar-refractivity contribution >= 4 is 43.5 Å². The fourth-order valence-electron chi connectivity index (χ4n) is 4.25. The highest BCUT2D eigenvalue weighted by molar-refractivity contribution is 7.71. The lowest BCUT2D eigenvalue weighted by Crippen LogP contribution is -2.37. The summed E-state index contributed by atoms with van der Waals surface area (Å²) in [6, 6.07) is 2.11. The minimum absolute atomic E-state index is 0.0212. The van der Waals surface area contributed by atoms with E-state index in [0.29, 0.717) is 4.57 Å². The second-order valence-electron chi connectivity index (χ2n) is 9.84. The summed E-state index contributed by atoms with van der Waals surface area (Å²) in [7, 11) is -24.1. The van der Waals surface area contributed by atoms with Gasteiger partial charge >= 0.3 is 42.7 Å². The van der Waals surface area contributed by atoms with Gasteiger partial charge in [0.2, 0.25) is 0 Å². The molecule has 49 heavy (non-hydrogen) atoms. The molecule has 0 radical (unpaired) electrons. The molecule has 2 aromatic rings. The Labute approximate surface area is 275 Å². The highest BCUT2D eigenvalue weighted by Gasteiger charge is 2.49. The predicted octanol–water partition coefficient (Wildman–Crippen LogP) is -2.82. The Bertz CT molecular complexity index is 1830. The van der Waals surface area contributed by atoms with E-state index in [0.717, 1.165) is 23.0 Å². The maximum absolute atomic E-state index is 12.3. The average Bonchev–Trinajstić information content (AvgIpc) is 3.38. The number of aliphatic hydroxyl groups is 4. The highest BCUT2D eigenvalue weighted by Crippen LogP contribution is 2.71. The molecule has 0 spiro atoms.